The third-order valence-corrected chi connectivity index (χ3v) is 4.63. The van der Waals surface area contributed by atoms with Crippen molar-refractivity contribution in [3.8, 4) is 0 Å². The average Bonchev–Trinajstić information content (AvgIpc) is 2.82. The summed E-state index contributed by atoms with van der Waals surface area (Å²) in [7, 11) is 0. The van der Waals surface area contributed by atoms with Gasteiger partial charge >= 0.3 is 5.97 Å². The number of allylic oxidation sites excluding steroid dienone is 1. The molecule has 1 aliphatic carbocycles. The molecule has 3 atom stereocenters. The normalized spacial score (nSPS) is 25.3. The highest BCUT2D eigenvalue weighted by Gasteiger charge is 2.30. The average molecular weight is 298 g/mol. The Balaban J connectivity index is 2.28. The fourth-order valence-electron chi connectivity index (χ4n) is 3.42. The number of carboxylic acids is 1. The van der Waals surface area contributed by atoms with Gasteiger partial charge in [-0.1, -0.05) is 19.3 Å². The lowest BCUT2D eigenvalue weighted by molar-refractivity contribution is -0.137. The van der Waals surface area contributed by atoms with Gasteiger partial charge in [0.1, 0.15) is 0 Å². The van der Waals surface area contributed by atoms with Crippen LogP contribution in [0.1, 0.15) is 71.1 Å². The van der Waals surface area contributed by atoms with Crippen LogP contribution >= 0.6 is 0 Å². The first-order valence-electron chi connectivity index (χ1n) is 8.27. The Labute approximate surface area is 127 Å². The third-order valence-electron chi connectivity index (χ3n) is 4.63. The maximum atomic E-state index is 10.4. The molecule has 0 aromatic heterocycles. The Kier molecular flexibility index (Phi) is 8.43. The van der Waals surface area contributed by atoms with Crippen molar-refractivity contribution in [1.29, 1.82) is 0 Å². The minimum atomic E-state index is -0.713. The summed E-state index contributed by atoms with van der Waals surface area (Å²) >= 11 is 0. The van der Waals surface area contributed by atoms with Crippen LogP contribution in [0, 0.1) is 11.8 Å². The van der Waals surface area contributed by atoms with E-state index in [1.54, 1.807) is 0 Å². The summed E-state index contributed by atoms with van der Waals surface area (Å²) in [5, 5.41) is 27.4. The number of aliphatic hydroxyl groups is 2. The monoisotopic (exact) mass is 298 g/mol. The van der Waals surface area contributed by atoms with E-state index in [0.29, 0.717) is 11.8 Å². The molecule has 0 spiro atoms. The van der Waals surface area contributed by atoms with Crippen molar-refractivity contribution in [3.63, 3.8) is 0 Å². The van der Waals surface area contributed by atoms with Crippen molar-refractivity contribution >= 4 is 5.97 Å². The molecule has 1 saturated carbocycles. The predicted octanol–water partition coefficient (Wildman–Crippen LogP) is 4.04. The minimum Gasteiger partial charge on any atom is -0.516 e. The first-order valence-corrected chi connectivity index (χ1v) is 8.27. The van der Waals surface area contributed by atoms with E-state index in [2.05, 4.69) is 0 Å². The maximum Gasteiger partial charge on any atom is 0.303 e. The van der Waals surface area contributed by atoms with Gasteiger partial charge in [0.05, 0.1) is 12.4 Å². The maximum absolute atomic E-state index is 10.4. The molecular weight excluding hydrogens is 268 g/mol. The molecule has 0 heterocycles. The van der Waals surface area contributed by atoms with Gasteiger partial charge in [0.25, 0.3) is 0 Å². The summed E-state index contributed by atoms with van der Waals surface area (Å²) < 4.78 is 0. The van der Waals surface area contributed by atoms with E-state index in [-0.39, 0.29) is 12.5 Å². The minimum absolute atomic E-state index is 0.246. The highest BCUT2D eigenvalue weighted by atomic mass is 16.4. The summed E-state index contributed by atoms with van der Waals surface area (Å²) in [6, 6.07) is 0. The van der Waals surface area contributed by atoms with Crippen LogP contribution in [0.15, 0.2) is 11.8 Å². The van der Waals surface area contributed by atoms with E-state index in [9.17, 15) is 15.0 Å². The second-order valence-electron chi connectivity index (χ2n) is 6.38. The molecule has 21 heavy (non-hydrogen) atoms. The number of unbranched alkanes of at least 4 members (excludes halogenated alkanes) is 3. The Morgan fingerprint density at radius 1 is 1.29 bits per heavy atom. The number of carbonyl (C=O) groups is 1. The van der Waals surface area contributed by atoms with Gasteiger partial charge in [-0.3, -0.25) is 4.79 Å². The van der Waals surface area contributed by atoms with E-state index in [0.717, 1.165) is 63.4 Å². The van der Waals surface area contributed by atoms with Crippen LogP contribution in [0.4, 0.5) is 0 Å². The smallest absolute Gasteiger partial charge is 0.303 e. The molecular formula is C17H30O4. The molecule has 0 saturated heterocycles. The second kappa shape index (κ2) is 9.82. The molecule has 3 unspecified atom stereocenters. The van der Waals surface area contributed by atoms with Gasteiger partial charge in [-0.05, 0) is 62.9 Å². The molecule has 3 N–H and O–H groups in total. The Morgan fingerprint density at radius 2 is 2.00 bits per heavy atom. The first kappa shape index (κ1) is 18.0. The van der Waals surface area contributed by atoms with Crippen LogP contribution in [0.2, 0.25) is 0 Å². The van der Waals surface area contributed by atoms with Crippen molar-refractivity contribution in [3.05, 3.63) is 11.8 Å². The van der Waals surface area contributed by atoms with Gasteiger partial charge in [-0.15, -0.1) is 0 Å². The zero-order valence-electron chi connectivity index (χ0n) is 13.1. The zero-order chi connectivity index (χ0) is 15.7. The summed E-state index contributed by atoms with van der Waals surface area (Å²) in [5.41, 5.74) is 1.16. The van der Waals surface area contributed by atoms with Crippen LogP contribution < -0.4 is 0 Å². The second-order valence-corrected chi connectivity index (χ2v) is 6.38. The lowest BCUT2D eigenvalue weighted by Crippen LogP contribution is -2.12. The van der Waals surface area contributed by atoms with Crippen molar-refractivity contribution in [2.45, 2.75) is 77.2 Å². The molecule has 0 amide bonds. The molecule has 4 heteroatoms. The zero-order valence-corrected chi connectivity index (χ0v) is 13.1. The lowest BCUT2D eigenvalue weighted by Gasteiger charge is -2.21. The van der Waals surface area contributed by atoms with Crippen LogP contribution in [0.25, 0.3) is 0 Å². The van der Waals surface area contributed by atoms with E-state index >= 15 is 0 Å². The Morgan fingerprint density at radius 3 is 2.62 bits per heavy atom. The molecule has 1 fully saturated rings. The van der Waals surface area contributed by atoms with E-state index in [4.69, 9.17) is 5.11 Å². The van der Waals surface area contributed by atoms with Crippen LogP contribution in [0.3, 0.4) is 0 Å². The fraction of sp³-hybridized carbons (Fsp3) is 0.824. The molecule has 4 nitrogen and oxygen atoms in total. The number of aliphatic carboxylic acids is 1. The third kappa shape index (κ3) is 6.98. The summed E-state index contributed by atoms with van der Waals surface area (Å²) in [5.74, 6) is 0.319. The van der Waals surface area contributed by atoms with Crippen LogP contribution in [0.5, 0.6) is 0 Å². The van der Waals surface area contributed by atoms with Crippen molar-refractivity contribution in [1.82, 2.24) is 0 Å². The fourth-order valence-corrected chi connectivity index (χ4v) is 3.42. The molecule has 0 aliphatic heterocycles. The molecule has 0 aromatic rings. The summed E-state index contributed by atoms with van der Waals surface area (Å²) in [6.45, 7) is 1.83. The highest BCUT2D eigenvalue weighted by Crippen LogP contribution is 2.42. The summed E-state index contributed by atoms with van der Waals surface area (Å²) in [6.07, 6.45) is 10.2. The SMILES string of the molecule is CC(O)CCC1CC/C(=C\O)C1CCCCCCC(=O)O. The molecule has 1 rings (SSSR count). The topological polar surface area (TPSA) is 77.8 Å². The van der Waals surface area contributed by atoms with Crippen molar-refractivity contribution < 1.29 is 20.1 Å². The lowest BCUT2D eigenvalue weighted by atomic mass is 9.85. The Bertz CT molecular complexity index is 336. The number of hydrogen-bond donors (Lipinski definition) is 3. The van der Waals surface area contributed by atoms with Gasteiger partial charge in [0.2, 0.25) is 0 Å². The molecule has 122 valence electrons. The van der Waals surface area contributed by atoms with Gasteiger partial charge in [-0.2, -0.15) is 0 Å². The van der Waals surface area contributed by atoms with E-state index < -0.39 is 5.97 Å². The van der Waals surface area contributed by atoms with E-state index in [1.165, 1.54) is 6.26 Å². The van der Waals surface area contributed by atoms with Crippen LogP contribution in [-0.2, 0) is 4.79 Å². The standard InChI is InChI=1S/C17H30O4/c1-13(19)8-9-14-10-11-15(12-18)16(14)6-4-2-3-5-7-17(20)21/h12-14,16,18-19H,2-11H2,1H3,(H,20,21)/b15-12+. The van der Waals surface area contributed by atoms with E-state index in [1.807, 2.05) is 6.92 Å². The van der Waals surface area contributed by atoms with Crippen LogP contribution in [-0.4, -0.2) is 27.4 Å². The number of rotatable bonds is 10. The van der Waals surface area contributed by atoms with Gasteiger partial charge in [0.15, 0.2) is 0 Å². The number of hydrogen-bond acceptors (Lipinski definition) is 3. The molecule has 0 bridgehead atoms. The quantitative estimate of drug-likeness (QED) is 0.420. The Hall–Kier alpha value is -1.03. The van der Waals surface area contributed by atoms with Gasteiger partial charge < -0.3 is 15.3 Å². The predicted molar refractivity (Wildman–Crippen MR) is 83.2 cm³/mol. The molecule has 0 radical (unpaired) electrons. The van der Waals surface area contributed by atoms with Gasteiger partial charge in [-0.25, -0.2) is 0 Å². The first-order chi connectivity index (χ1) is 10.0. The number of carboxylic acid groups (broad SMARTS) is 1. The molecule has 0 aromatic carbocycles. The number of aliphatic hydroxyl groups excluding tert-OH is 2. The largest absolute Gasteiger partial charge is 0.516 e. The van der Waals surface area contributed by atoms with Crippen molar-refractivity contribution in [2.75, 3.05) is 0 Å². The highest BCUT2D eigenvalue weighted by molar-refractivity contribution is 5.66. The van der Waals surface area contributed by atoms with Crippen molar-refractivity contribution in [2.24, 2.45) is 11.8 Å². The summed E-state index contributed by atoms with van der Waals surface area (Å²) in [4.78, 5) is 10.4. The van der Waals surface area contributed by atoms with Gasteiger partial charge in [0, 0.05) is 6.42 Å². The molecule has 1 aliphatic rings.